The largest absolute Gasteiger partial charge is 0.494 e. The Morgan fingerprint density at radius 2 is 2.50 bits per heavy atom. The highest BCUT2D eigenvalue weighted by atomic mass is 16.3. The molecule has 0 saturated heterocycles. The normalized spacial score (nSPS) is 9.75. The number of hydrogen-bond acceptors (Lipinski definition) is 2. The average Bonchev–Trinajstić information content (AvgIpc) is 2.47. The first-order valence-corrected chi connectivity index (χ1v) is 3.90. The maximum absolute atomic E-state index is 11.2. The van der Waals surface area contributed by atoms with Crippen LogP contribution < -0.4 is 5.32 Å². The Hall–Kier alpha value is -1.45. The van der Waals surface area contributed by atoms with Crippen molar-refractivity contribution in [2.24, 2.45) is 0 Å². The number of carbonyl (C=O) groups excluding carboxylic acids is 1. The highest BCUT2D eigenvalue weighted by molar-refractivity contribution is 5.96. The van der Waals surface area contributed by atoms with Gasteiger partial charge in [-0.1, -0.05) is 6.92 Å². The molecule has 0 aliphatic heterocycles. The van der Waals surface area contributed by atoms with Crippen LogP contribution >= 0.6 is 0 Å². The van der Waals surface area contributed by atoms with E-state index in [4.69, 9.17) is 5.11 Å². The molecule has 3 N–H and O–H groups in total. The van der Waals surface area contributed by atoms with Crippen molar-refractivity contribution in [1.82, 2.24) is 10.3 Å². The molecule has 0 aliphatic carbocycles. The molecule has 66 valence electrons. The lowest BCUT2D eigenvalue weighted by molar-refractivity contribution is 0.0951. The summed E-state index contributed by atoms with van der Waals surface area (Å²) in [5, 5.41) is 11.8. The summed E-state index contributed by atoms with van der Waals surface area (Å²) in [5.41, 5.74) is 0.295. The first kappa shape index (κ1) is 8.64. The van der Waals surface area contributed by atoms with Crippen LogP contribution in [-0.4, -0.2) is 22.5 Å². The molecule has 12 heavy (non-hydrogen) atoms. The first-order chi connectivity index (χ1) is 5.75. The van der Waals surface area contributed by atoms with E-state index in [1.807, 2.05) is 6.92 Å². The maximum atomic E-state index is 11.2. The summed E-state index contributed by atoms with van der Waals surface area (Å²) in [4.78, 5) is 13.7. The Bertz CT molecular complexity index is 268. The number of amides is 1. The molecule has 0 fully saturated rings. The van der Waals surface area contributed by atoms with Gasteiger partial charge < -0.3 is 15.4 Å². The zero-order valence-electron chi connectivity index (χ0n) is 6.92. The molecule has 4 nitrogen and oxygen atoms in total. The molecule has 0 bridgehead atoms. The van der Waals surface area contributed by atoms with Crippen LogP contribution in [0.1, 0.15) is 23.7 Å². The number of nitrogens with one attached hydrogen (secondary N) is 2. The minimum absolute atomic E-state index is 0.0800. The second kappa shape index (κ2) is 3.80. The van der Waals surface area contributed by atoms with E-state index in [1.54, 1.807) is 6.07 Å². The van der Waals surface area contributed by atoms with E-state index in [9.17, 15) is 4.79 Å². The Kier molecular flexibility index (Phi) is 2.74. The number of aromatic hydroxyl groups is 1. The number of aromatic amines is 1. The molecule has 0 aliphatic rings. The van der Waals surface area contributed by atoms with E-state index >= 15 is 0 Å². The highest BCUT2D eigenvalue weighted by Gasteiger charge is 2.09. The van der Waals surface area contributed by atoms with Crippen molar-refractivity contribution in [3.8, 4) is 5.88 Å². The van der Waals surface area contributed by atoms with Crippen molar-refractivity contribution in [1.29, 1.82) is 0 Å². The summed E-state index contributed by atoms with van der Waals surface area (Å²) in [6, 6.07) is 1.54. The number of H-pyrrole nitrogens is 1. The van der Waals surface area contributed by atoms with Crippen molar-refractivity contribution in [2.75, 3.05) is 6.54 Å². The van der Waals surface area contributed by atoms with E-state index in [1.165, 1.54) is 6.20 Å². The second-order valence-corrected chi connectivity index (χ2v) is 2.50. The molecule has 1 rings (SSSR count). The Balaban J connectivity index is 2.59. The van der Waals surface area contributed by atoms with Gasteiger partial charge in [0.05, 0.1) is 0 Å². The quantitative estimate of drug-likeness (QED) is 0.626. The third kappa shape index (κ3) is 1.78. The predicted octanol–water partition coefficient (Wildman–Crippen LogP) is 0.860. The van der Waals surface area contributed by atoms with Crippen LogP contribution in [-0.2, 0) is 0 Å². The van der Waals surface area contributed by atoms with E-state index in [-0.39, 0.29) is 11.8 Å². The van der Waals surface area contributed by atoms with Gasteiger partial charge in [0, 0.05) is 12.7 Å². The smallest absolute Gasteiger partial charge is 0.256 e. The number of carbonyl (C=O) groups is 1. The van der Waals surface area contributed by atoms with Crippen LogP contribution in [0, 0.1) is 0 Å². The van der Waals surface area contributed by atoms with Gasteiger partial charge in [0.25, 0.3) is 5.91 Å². The molecule has 0 spiro atoms. The molecular formula is C8H12N2O2. The highest BCUT2D eigenvalue weighted by Crippen LogP contribution is 2.12. The van der Waals surface area contributed by atoms with Gasteiger partial charge in [0.2, 0.25) is 5.88 Å². The van der Waals surface area contributed by atoms with E-state index in [0.717, 1.165) is 6.42 Å². The number of rotatable bonds is 3. The van der Waals surface area contributed by atoms with E-state index in [2.05, 4.69) is 10.3 Å². The standard InChI is InChI=1S/C8H12N2O2/c1-2-4-9-7(11)6-3-5-10-8(6)12/h3,5,10,12H,2,4H2,1H3,(H,9,11). The Morgan fingerprint density at radius 1 is 1.75 bits per heavy atom. The minimum atomic E-state index is -0.240. The van der Waals surface area contributed by atoms with Crippen molar-refractivity contribution < 1.29 is 9.90 Å². The Labute approximate surface area is 70.6 Å². The SMILES string of the molecule is CCCNC(=O)c1cc[nH]c1O. The molecule has 0 saturated carbocycles. The van der Waals surface area contributed by atoms with Gasteiger partial charge in [0.15, 0.2) is 0 Å². The second-order valence-electron chi connectivity index (χ2n) is 2.50. The summed E-state index contributed by atoms with van der Waals surface area (Å²) in [7, 11) is 0. The molecule has 0 unspecified atom stereocenters. The fourth-order valence-electron chi connectivity index (χ4n) is 0.878. The zero-order chi connectivity index (χ0) is 8.97. The molecular weight excluding hydrogens is 156 g/mol. The fraction of sp³-hybridized carbons (Fsp3) is 0.375. The van der Waals surface area contributed by atoms with Crippen LogP contribution in [0.4, 0.5) is 0 Å². The predicted molar refractivity (Wildman–Crippen MR) is 45.1 cm³/mol. The average molecular weight is 168 g/mol. The van der Waals surface area contributed by atoms with Gasteiger partial charge in [0.1, 0.15) is 5.56 Å². The molecule has 0 radical (unpaired) electrons. The zero-order valence-corrected chi connectivity index (χ0v) is 6.92. The lowest BCUT2D eigenvalue weighted by atomic mass is 10.3. The van der Waals surface area contributed by atoms with Crippen molar-refractivity contribution in [3.05, 3.63) is 17.8 Å². The van der Waals surface area contributed by atoms with Gasteiger partial charge >= 0.3 is 0 Å². The number of hydrogen-bond donors (Lipinski definition) is 3. The van der Waals surface area contributed by atoms with Crippen LogP contribution in [0.5, 0.6) is 5.88 Å². The summed E-state index contributed by atoms with van der Waals surface area (Å²) >= 11 is 0. The summed E-state index contributed by atoms with van der Waals surface area (Å²) in [5.74, 6) is -0.320. The van der Waals surface area contributed by atoms with Gasteiger partial charge in [-0.2, -0.15) is 0 Å². The summed E-state index contributed by atoms with van der Waals surface area (Å²) in [6.45, 7) is 2.60. The van der Waals surface area contributed by atoms with Crippen molar-refractivity contribution in [3.63, 3.8) is 0 Å². The monoisotopic (exact) mass is 168 g/mol. The van der Waals surface area contributed by atoms with Crippen LogP contribution in [0.2, 0.25) is 0 Å². The fourth-order valence-corrected chi connectivity index (χ4v) is 0.878. The molecule has 1 amide bonds. The number of aromatic nitrogens is 1. The summed E-state index contributed by atoms with van der Waals surface area (Å²) in [6.07, 6.45) is 2.41. The molecule has 4 heteroatoms. The Morgan fingerprint density at radius 3 is 3.00 bits per heavy atom. The van der Waals surface area contributed by atoms with Crippen molar-refractivity contribution >= 4 is 5.91 Å². The molecule has 1 aromatic heterocycles. The third-order valence-corrected chi connectivity index (χ3v) is 1.51. The summed E-state index contributed by atoms with van der Waals surface area (Å²) < 4.78 is 0. The molecule has 1 heterocycles. The van der Waals surface area contributed by atoms with Gasteiger partial charge in [-0.3, -0.25) is 4.79 Å². The van der Waals surface area contributed by atoms with Gasteiger partial charge in [-0.15, -0.1) is 0 Å². The van der Waals surface area contributed by atoms with E-state index < -0.39 is 0 Å². The molecule has 0 atom stereocenters. The van der Waals surface area contributed by atoms with Crippen molar-refractivity contribution in [2.45, 2.75) is 13.3 Å². The van der Waals surface area contributed by atoms with Gasteiger partial charge in [-0.05, 0) is 12.5 Å². The molecule has 1 aromatic rings. The van der Waals surface area contributed by atoms with Crippen LogP contribution in [0.3, 0.4) is 0 Å². The van der Waals surface area contributed by atoms with Crippen LogP contribution in [0.15, 0.2) is 12.3 Å². The van der Waals surface area contributed by atoms with Crippen LogP contribution in [0.25, 0.3) is 0 Å². The minimum Gasteiger partial charge on any atom is -0.494 e. The lowest BCUT2D eigenvalue weighted by Crippen LogP contribution is -2.23. The first-order valence-electron chi connectivity index (χ1n) is 3.90. The van der Waals surface area contributed by atoms with Gasteiger partial charge in [-0.25, -0.2) is 0 Å². The topological polar surface area (TPSA) is 65.1 Å². The van der Waals surface area contributed by atoms with E-state index in [0.29, 0.717) is 12.1 Å². The maximum Gasteiger partial charge on any atom is 0.256 e. The molecule has 0 aromatic carbocycles. The third-order valence-electron chi connectivity index (χ3n) is 1.51. The lowest BCUT2D eigenvalue weighted by Gasteiger charge is -2.00.